The number of nitrogens with one attached hydrogen (secondary N) is 2. The van der Waals surface area contributed by atoms with Crippen molar-refractivity contribution in [1.82, 2.24) is 20.4 Å². The Hall–Kier alpha value is -4.39. The first-order valence-electron chi connectivity index (χ1n) is 24.7. The molecule has 0 heterocycles. The van der Waals surface area contributed by atoms with Crippen molar-refractivity contribution in [2.75, 3.05) is 65.4 Å². The largest absolute Gasteiger partial charge is 0.490 e. The van der Waals surface area contributed by atoms with Crippen molar-refractivity contribution in [2.45, 2.75) is 173 Å². The number of hydrogen-bond donors (Lipinski definition) is 9. The molecule has 17 nitrogen and oxygen atoms in total. The van der Waals surface area contributed by atoms with E-state index in [-0.39, 0.29) is 18.0 Å². The number of hydrogen-bond acceptors (Lipinski definition) is 6. The molecule has 65 heavy (non-hydrogen) atoms. The average Bonchev–Trinajstić information content (AvgIpc) is 4.20. The van der Waals surface area contributed by atoms with Gasteiger partial charge in [-0.2, -0.15) is 13.2 Å². The zero-order chi connectivity index (χ0) is 48.0. The molecule has 2 fully saturated rings. The van der Waals surface area contributed by atoms with Gasteiger partial charge in [0.25, 0.3) is 0 Å². The summed E-state index contributed by atoms with van der Waals surface area (Å²) in [7, 11) is 0. The van der Waals surface area contributed by atoms with Crippen LogP contribution in [0.1, 0.15) is 167 Å². The van der Waals surface area contributed by atoms with Crippen molar-refractivity contribution in [3.63, 3.8) is 0 Å². The monoisotopic (exact) mass is 931 g/mol. The van der Waals surface area contributed by atoms with Crippen molar-refractivity contribution in [3.05, 3.63) is 0 Å². The van der Waals surface area contributed by atoms with Gasteiger partial charge >= 0.3 is 18.2 Å². The maximum Gasteiger partial charge on any atom is 0.490 e. The van der Waals surface area contributed by atoms with Crippen molar-refractivity contribution in [2.24, 2.45) is 66.2 Å². The Morgan fingerprint density at radius 1 is 0.477 bits per heavy atom. The first-order chi connectivity index (χ1) is 31.2. The Bertz CT molecular complexity index is 1350. The van der Waals surface area contributed by atoms with E-state index in [1.54, 1.807) is 0 Å². The van der Waals surface area contributed by atoms with Crippen LogP contribution < -0.4 is 45.0 Å². The van der Waals surface area contributed by atoms with Gasteiger partial charge in [0.1, 0.15) is 0 Å². The lowest BCUT2D eigenvalue weighted by molar-refractivity contribution is -0.192. The highest BCUT2D eigenvalue weighted by atomic mass is 19.4. The number of carbonyl (C=O) groups excluding carboxylic acids is 1. The van der Waals surface area contributed by atoms with Crippen LogP contribution in [-0.4, -0.2) is 122 Å². The van der Waals surface area contributed by atoms with Crippen LogP contribution in [0, 0.1) is 11.8 Å². The quantitative estimate of drug-likeness (QED) is 0.0194. The van der Waals surface area contributed by atoms with Gasteiger partial charge in [0.05, 0.1) is 0 Å². The molecule has 2 saturated carbocycles. The summed E-state index contributed by atoms with van der Waals surface area (Å²) in [6.45, 7) is 8.12. The van der Waals surface area contributed by atoms with E-state index in [0.717, 1.165) is 173 Å². The van der Waals surface area contributed by atoms with Gasteiger partial charge in [0.15, 0.2) is 23.8 Å². The summed E-state index contributed by atoms with van der Waals surface area (Å²) in [5.41, 5.74) is 33.9. The number of nitrogens with zero attached hydrogens (tertiary/aromatic N) is 6. The van der Waals surface area contributed by atoms with Gasteiger partial charge in [0, 0.05) is 65.4 Å². The van der Waals surface area contributed by atoms with Gasteiger partial charge in [-0.3, -0.25) is 20.0 Å². The second-order valence-electron chi connectivity index (χ2n) is 17.6. The Labute approximate surface area is 388 Å². The van der Waals surface area contributed by atoms with Gasteiger partial charge < -0.3 is 59.9 Å². The van der Waals surface area contributed by atoms with E-state index < -0.39 is 12.1 Å². The minimum atomic E-state index is -5.08. The first-order valence-corrected chi connectivity index (χ1v) is 24.7. The number of alkyl halides is 3. The third-order valence-electron chi connectivity index (χ3n) is 11.3. The van der Waals surface area contributed by atoms with Crippen molar-refractivity contribution in [1.29, 1.82) is 0 Å². The molecule has 15 N–H and O–H groups in total. The number of rotatable bonds is 38. The molecule has 0 saturated heterocycles. The van der Waals surface area contributed by atoms with Crippen LogP contribution in [0.4, 0.5) is 18.0 Å². The summed E-state index contributed by atoms with van der Waals surface area (Å²) in [5.74, 6) is 0.242. The molecule has 2 aliphatic carbocycles. The predicted octanol–water partition coefficient (Wildman–Crippen LogP) is 6.10. The minimum absolute atomic E-state index is 0.167. The van der Waals surface area contributed by atoms with Crippen LogP contribution >= 0.6 is 0 Å². The maximum atomic E-state index is 14.3. The van der Waals surface area contributed by atoms with Crippen LogP contribution in [0.5, 0.6) is 0 Å². The van der Waals surface area contributed by atoms with Crippen LogP contribution in [0.15, 0.2) is 20.0 Å². The number of halogens is 3. The summed E-state index contributed by atoms with van der Waals surface area (Å²) in [5, 5.41) is 13.7. The summed E-state index contributed by atoms with van der Waals surface area (Å²) >= 11 is 0. The van der Waals surface area contributed by atoms with Gasteiger partial charge in [-0.1, -0.05) is 89.9 Å². The van der Waals surface area contributed by atoms with E-state index in [0.29, 0.717) is 25.0 Å². The maximum absolute atomic E-state index is 14.3. The molecule has 0 unspecified atom stereocenters. The standard InChI is InChI=1S/C43H88N14O.C2HF3O2/c44-39(45)50-27-15-7-1-4-11-19-31-56(32-21-13-6-3-9-17-29-52-41(48)54-35-37-23-24-37)43(58)57(33-20-12-5-2-8-16-28-51-40(46)47)34-22-14-10-18-30-53-42(49)55-36-38-25-26-38;3-2(4,5)1(6)7/h37-38H,1-36H2,(H4,44,45,50)(H4,46,47,51)(H3,48,52,54)(H3,49,53,55);(H,6,7). The molecule has 0 aromatic rings. The molecule has 378 valence electrons. The van der Waals surface area contributed by atoms with Crippen LogP contribution in [-0.2, 0) is 4.79 Å². The van der Waals surface area contributed by atoms with Crippen molar-refractivity contribution < 1.29 is 27.9 Å². The van der Waals surface area contributed by atoms with Crippen molar-refractivity contribution >= 4 is 35.8 Å². The first kappa shape index (κ1) is 58.6. The number of carboxylic acids is 1. The number of aliphatic carboxylic acids is 1. The third kappa shape index (κ3) is 38.6. The SMILES string of the molecule is NC(N)=NCCCCCCCCN(CCCCCCCCNC(N)=NCC1CC1)C(=O)N(CCCCCCCCN=C(N)N)CCCCCCNC(N)=NCC1CC1.O=C(O)C(F)(F)F. The number of unbranched alkanes of at least 4 members (excludes halogenated alkanes) is 18. The molecule has 0 radical (unpaired) electrons. The molecule has 0 aliphatic heterocycles. The zero-order valence-electron chi connectivity index (χ0n) is 39.7. The Morgan fingerprint density at radius 3 is 1.03 bits per heavy atom. The molecular formula is C45H89F3N14O3. The molecule has 0 spiro atoms. The van der Waals surface area contributed by atoms with Crippen molar-refractivity contribution in [3.8, 4) is 0 Å². The van der Waals surface area contributed by atoms with Crippen LogP contribution in [0.25, 0.3) is 0 Å². The Morgan fingerprint density at radius 2 is 0.754 bits per heavy atom. The zero-order valence-corrected chi connectivity index (χ0v) is 39.7. The average molecular weight is 931 g/mol. The van der Waals surface area contributed by atoms with Gasteiger partial charge in [-0.05, 0) is 88.9 Å². The number of urea groups is 1. The smallest absolute Gasteiger partial charge is 0.475 e. The molecular weight excluding hydrogens is 842 g/mol. The molecule has 0 bridgehead atoms. The fraction of sp³-hybridized carbons (Fsp3) is 0.867. The molecule has 0 atom stereocenters. The number of amides is 2. The van der Waals surface area contributed by atoms with Crippen LogP contribution in [0.2, 0.25) is 0 Å². The number of carbonyl (C=O) groups is 2. The number of nitrogens with two attached hydrogens (primary N) is 6. The van der Waals surface area contributed by atoms with E-state index in [9.17, 15) is 18.0 Å². The predicted molar refractivity (Wildman–Crippen MR) is 260 cm³/mol. The summed E-state index contributed by atoms with van der Waals surface area (Å²) < 4.78 is 31.7. The third-order valence-corrected chi connectivity index (χ3v) is 11.3. The molecule has 0 aromatic carbocycles. The number of carboxylic acid groups (broad SMARTS) is 1. The molecule has 2 amide bonds. The Balaban J connectivity index is 0.00000277. The highest BCUT2D eigenvalue weighted by Crippen LogP contribution is 2.29. The van der Waals surface area contributed by atoms with E-state index in [4.69, 9.17) is 44.3 Å². The van der Waals surface area contributed by atoms with Gasteiger partial charge in [0.2, 0.25) is 0 Å². The number of aliphatic imine (C=N–C) groups is 4. The fourth-order valence-corrected chi connectivity index (χ4v) is 6.98. The van der Waals surface area contributed by atoms with Gasteiger partial charge in [-0.25, -0.2) is 9.59 Å². The van der Waals surface area contributed by atoms with E-state index in [2.05, 4.69) is 40.4 Å². The van der Waals surface area contributed by atoms with Crippen LogP contribution in [0.3, 0.4) is 0 Å². The lowest BCUT2D eigenvalue weighted by atomic mass is 10.1. The minimum Gasteiger partial charge on any atom is -0.475 e. The molecule has 2 aliphatic rings. The fourth-order valence-electron chi connectivity index (χ4n) is 6.98. The second-order valence-corrected chi connectivity index (χ2v) is 17.6. The molecule has 20 heteroatoms. The summed E-state index contributed by atoms with van der Waals surface area (Å²) in [6, 6.07) is 0.225. The second kappa shape index (κ2) is 37.8. The normalized spacial score (nSPS) is 14.0. The highest BCUT2D eigenvalue weighted by Gasteiger charge is 2.38. The molecule has 2 rings (SSSR count). The Kier molecular flexibility index (Phi) is 34.1. The summed E-state index contributed by atoms with van der Waals surface area (Å²) in [6.07, 6.45) is 24.4. The topological polar surface area (TPSA) is 290 Å². The number of guanidine groups is 4. The highest BCUT2D eigenvalue weighted by molar-refractivity contribution is 5.78. The van der Waals surface area contributed by atoms with Gasteiger partial charge in [-0.15, -0.1) is 0 Å². The van der Waals surface area contributed by atoms with E-state index in [1.165, 1.54) is 57.8 Å². The lowest BCUT2D eigenvalue weighted by Crippen LogP contribution is -2.45. The van der Waals surface area contributed by atoms with E-state index in [1.807, 2.05) is 0 Å². The van der Waals surface area contributed by atoms with E-state index >= 15 is 0 Å². The summed E-state index contributed by atoms with van der Waals surface area (Å²) in [4.78, 5) is 44.6. The molecule has 0 aromatic heterocycles. The lowest BCUT2D eigenvalue weighted by Gasteiger charge is -2.31.